The van der Waals surface area contributed by atoms with Crippen LogP contribution in [0, 0.1) is 5.92 Å². The molecule has 0 spiro atoms. The molecule has 0 bridgehead atoms. The molecule has 1 aromatic rings. The standard InChI is InChI=1S/C18H24O3/c1-2-3-4-5-6-10-17(19)15-9-7-8-13-11-14(18(20)21)12-16(13)15/h7-9,14H,2-6,10-12H2,1H3,(H,20,21)/p-1. The third kappa shape index (κ3) is 3.93. The summed E-state index contributed by atoms with van der Waals surface area (Å²) in [5, 5.41) is 11.0. The van der Waals surface area contributed by atoms with Gasteiger partial charge in [0.05, 0.1) is 0 Å². The molecule has 3 nitrogen and oxygen atoms in total. The molecule has 114 valence electrons. The number of hydrogen-bond acceptors (Lipinski definition) is 3. The van der Waals surface area contributed by atoms with E-state index in [1.165, 1.54) is 19.3 Å². The van der Waals surface area contributed by atoms with Gasteiger partial charge in [0, 0.05) is 23.9 Å². The topological polar surface area (TPSA) is 57.2 Å². The molecule has 1 unspecified atom stereocenters. The van der Waals surface area contributed by atoms with Gasteiger partial charge in [0.2, 0.25) is 0 Å². The summed E-state index contributed by atoms with van der Waals surface area (Å²) in [6.45, 7) is 2.17. The quantitative estimate of drug-likeness (QED) is 0.545. The van der Waals surface area contributed by atoms with Gasteiger partial charge in [-0.2, -0.15) is 0 Å². The lowest BCUT2D eigenvalue weighted by Gasteiger charge is -2.09. The number of carbonyl (C=O) groups excluding carboxylic acids is 2. The predicted molar refractivity (Wildman–Crippen MR) is 80.1 cm³/mol. The maximum Gasteiger partial charge on any atom is 0.163 e. The lowest BCUT2D eigenvalue weighted by molar-refractivity contribution is -0.311. The Morgan fingerprint density at radius 1 is 1.14 bits per heavy atom. The second-order valence-electron chi connectivity index (χ2n) is 5.95. The van der Waals surface area contributed by atoms with Crippen molar-refractivity contribution >= 4 is 11.8 Å². The average Bonchev–Trinajstić information content (AvgIpc) is 2.91. The Hall–Kier alpha value is -1.64. The summed E-state index contributed by atoms with van der Waals surface area (Å²) in [5.74, 6) is -1.33. The molecule has 0 aromatic heterocycles. The predicted octanol–water partition coefficient (Wildman–Crippen LogP) is 2.69. The number of carbonyl (C=O) groups is 2. The highest BCUT2D eigenvalue weighted by Crippen LogP contribution is 2.30. The van der Waals surface area contributed by atoms with Gasteiger partial charge in [-0.3, -0.25) is 4.79 Å². The van der Waals surface area contributed by atoms with E-state index < -0.39 is 11.9 Å². The summed E-state index contributed by atoms with van der Waals surface area (Å²) in [6.07, 6.45) is 7.12. The number of ketones is 1. The molecular weight excluding hydrogens is 264 g/mol. The molecule has 0 saturated carbocycles. The van der Waals surface area contributed by atoms with E-state index in [2.05, 4.69) is 6.92 Å². The van der Waals surface area contributed by atoms with Gasteiger partial charge in [0.1, 0.15) is 0 Å². The van der Waals surface area contributed by atoms with Crippen molar-refractivity contribution in [1.82, 2.24) is 0 Å². The number of benzene rings is 1. The van der Waals surface area contributed by atoms with Crippen LogP contribution >= 0.6 is 0 Å². The average molecular weight is 287 g/mol. The Morgan fingerprint density at radius 2 is 1.90 bits per heavy atom. The van der Waals surface area contributed by atoms with Crippen molar-refractivity contribution in [2.75, 3.05) is 0 Å². The van der Waals surface area contributed by atoms with E-state index in [0.717, 1.165) is 29.5 Å². The highest BCUT2D eigenvalue weighted by Gasteiger charge is 2.26. The molecular formula is C18H23O3-. The fourth-order valence-electron chi connectivity index (χ4n) is 3.10. The fourth-order valence-corrected chi connectivity index (χ4v) is 3.10. The maximum atomic E-state index is 12.4. The second-order valence-corrected chi connectivity index (χ2v) is 5.95. The largest absolute Gasteiger partial charge is 0.550 e. The van der Waals surface area contributed by atoms with Crippen molar-refractivity contribution in [3.8, 4) is 0 Å². The van der Waals surface area contributed by atoms with Crippen molar-refractivity contribution in [2.45, 2.75) is 58.3 Å². The number of rotatable bonds is 8. The minimum absolute atomic E-state index is 0.155. The lowest BCUT2D eigenvalue weighted by Crippen LogP contribution is -2.31. The first-order valence-corrected chi connectivity index (χ1v) is 7.98. The van der Waals surface area contributed by atoms with Gasteiger partial charge in [-0.1, -0.05) is 50.8 Å². The van der Waals surface area contributed by atoms with E-state index in [0.29, 0.717) is 19.3 Å². The van der Waals surface area contributed by atoms with Crippen molar-refractivity contribution in [2.24, 2.45) is 5.92 Å². The van der Waals surface area contributed by atoms with Crippen LogP contribution in [0.2, 0.25) is 0 Å². The number of carboxylic acids is 1. The van der Waals surface area contributed by atoms with Gasteiger partial charge in [0.15, 0.2) is 5.78 Å². The smallest absolute Gasteiger partial charge is 0.163 e. The molecule has 1 aliphatic carbocycles. The summed E-state index contributed by atoms with van der Waals surface area (Å²) < 4.78 is 0. The molecule has 0 amide bonds. The van der Waals surface area contributed by atoms with E-state index in [-0.39, 0.29) is 5.78 Å². The van der Waals surface area contributed by atoms with Crippen molar-refractivity contribution in [1.29, 1.82) is 0 Å². The fraction of sp³-hybridized carbons (Fsp3) is 0.556. The Balaban J connectivity index is 1.97. The Bertz CT molecular complexity index is 519. The van der Waals surface area contributed by atoms with Crippen molar-refractivity contribution < 1.29 is 14.7 Å². The number of aliphatic carboxylic acids is 1. The van der Waals surface area contributed by atoms with Crippen LogP contribution in [0.1, 0.15) is 66.9 Å². The molecule has 0 saturated heterocycles. The van der Waals surface area contributed by atoms with Crippen molar-refractivity contribution in [3.05, 3.63) is 34.9 Å². The number of Topliss-reactive ketones (excluding diaryl/α,β-unsaturated/α-hetero) is 1. The SMILES string of the molecule is CCCCCCCC(=O)c1cccc2c1CC(C(=O)[O-])C2. The molecule has 1 atom stereocenters. The van der Waals surface area contributed by atoms with E-state index in [1.807, 2.05) is 18.2 Å². The van der Waals surface area contributed by atoms with E-state index in [1.54, 1.807) is 0 Å². The van der Waals surface area contributed by atoms with Crippen LogP contribution in [0.4, 0.5) is 0 Å². The number of carboxylic acid groups (broad SMARTS) is 1. The van der Waals surface area contributed by atoms with Crippen LogP contribution in [0.3, 0.4) is 0 Å². The van der Waals surface area contributed by atoms with Gasteiger partial charge in [-0.25, -0.2) is 0 Å². The summed E-state index contributed by atoms with van der Waals surface area (Å²) in [4.78, 5) is 23.4. The minimum atomic E-state index is -1.01. The zero-order valence-electron chi connectivity index (χ0n) is 12.7. The maximum absolute atomic E-state index is 12.4. The summed E-state index contributed by atoms with van der Waals surface area (Å²) in [6, 6.07) is 5.63. The molecule has 0 radical (unpaired) electrons. The molecule has 0 aliphatic heterocycles. The molecule has 0 fully saturated rings. The van der Waals surface area contributed by atoms with Gasteiger partial charge < -0.3 is 9.90 Å². The second kappa shape index (κ2) is 7.39. The number of unbranched alkanes of at least 4 members (excludes halogenated alkanes) is 4. The minimum Gasteiger partial charge on any atom is -0.550 e. The Kier molecular flexibility index (Phi) is 5.54. The monoisotopic (exact) mass is 287 g/mol. The molecule has 0 N–H and O–H groups in total. The summed E-state index contributed by atoms with van der Waals surface area (Å²) in [5.41, 5.74) is 2.66. The van der Waals surface area contributed by atoms with E-state index in [4.69, 9.17) is 0 Å². The number of fused-ring (bicyclic) bond motifs is 1. The van der Waals surface area contributed by atoms with Gasteiger partial charge in [-0.15, -0.1) is 0 Å². The van der Waals surface area contributed by atoms with E-state index >= 15 is 0 Å². The van der Waals surface area contributed by atoms with Crippen LogP contribution in [0.5, 0.6) is 0 Å². The summed E-state index contributed by atoms with van der Waals surface area (Å²) in [7, 11) is 0. The van der Waals surface area contributed by atoms with Crippen molar-refractivity contribution in [3.63, 3.8) is 0 Å². The third-order valence-corrected chi connectivity index (χ3v) is 4.33. The highest BCUT2D eigenvalue weighted by atomic mass is 16.4. The highest BCUT2D eigenvalue weighted by molar-refractivity contribution is 5.98. The first-order chi connectivity index (χ1) is 10.1. The number of hydrogen-bond donors (Lipinski definition) is 0. The van der Waals surface area contributed by atoms with Crippen LogP contribution in [-0.4, -0.2) is 11.8 Å². The lowest BCUT2D eigenvalue weighted by atomic mass is 9.96. The van der Waals surface area contributed by atoms with Crippen LogP contribution in [0.15, 0.2) is 18.2 Å². The normalized spacial score (nSPS) is 16.7. The Labute approximate surface area is 126 Å². The van der Waals surface area contributed by atoms with Gasteiger partial charge in [-0.05, 0) is 30.4 Å². The zero-order valence-corrected chi connectivity index (χ0v) is 12.7. The zero-order chi connectivity index (χ0) is 15.2. The first kappa shape index (κ1) is 15.7. The third-order valence-electron chi connectivity index (χ3n) is 4.33. The molecule has 1 aliphatic rings. The molecule has 0 heterocycles. The first-order valence-electron chi connectivity index (χ1n) is 7.98. The molecule has 2 rings (SSSR count). The summed E-state index contributed by atoms with van der Waals surface area (Å²) >= 11 is 0. The van der Waals surface area contributed by atoms with Gasteiger partial charge >= 0.3 is 0 Å². The van der Waals surface area contributed by atoms with Crippen LogP contribution in [0.25, 0.3) is 0 Å². The van der Waals surface area contributed by atoms with Crippen LogP contribution < -0.4 is 5.11 Å². The molecule has 3 heteroatoms. The van der Waals surface area contributed by atoms with Crippen LogP contribution in [-0.2, 0) is 17.6 Å². The van der Waals surface area contributed by atoms with E-state index in [9.17, 15) is 14.7 Å². The van der Waals surface area contributed by atoms with Gasteiger partial charge in [0.25, 0.3) is 0 Å². The molecule has 21 heavy (non-hydrogen) atoms. The Morgan fingerprint density at radius 3 is 2.62 bits per heavy atom. The molecule has 1 aromatic carbocycles.